The van der Waals surface area contributed by atoms with Crippen molar-refractivity contribution in [3.63, 3.8) is 0 Å². The third-order valence-corrected chi connectivity index (χ3v) is 7.55. The van der Waals surface area contributed by atoms with E-state index in [2.05, 4.69) is 26.3 Å². The Labute approximate surface area is 254 Å². The average molecular weight is 629 g/mol. The van der Waals surface area contributed by atoms with Crippen LogP contribution in [-0.4, -0.2) is 62.4 Å². The number of aryl methyl sites for hydroxylation is 1. The van der Waals surface area contributed by atoms with Crippen LogP contribution in [0.3, 0.4) is 0 Å². The maximum atomic E-state index is 16.0. The lowest BCUT2D eigenvalue weighted by atomic mass is 10.0. The van der Waals surface area contributed by atoms with Gasteiger partial charge in [0.2, 0.25) is 5.91 Å². The fourth-order valence-electron chi connectivity index (χ4n) is 5.53. The van der Waals surface area contributed by atoms with Gasteiger partial charge in [0.1, 0.15) is 23.1 Å². The van der Waals surface area contributed by atoms with Gasteiger partial charge >= 0.3 is 12.1 Å². The Hall–Kier alpha value is -4.88. The lowest BCUT2D eigenvalue weighted by Gasteiger charge is -2.40. The van der Waals surface area contributed by atoms with E-state index in [1.807, 2.05) is 13.8 Å². The van der Waals surface area contributed by atoms with Gasteiger partial charge in [0.05, 0.1) is 22.3 Å². The Balaban J connectivity index is 1.84. The first-order valence-electron chi connectivity index (χ1n) is 14.0. The molecule has 4 aromatic rings. The predicted molar refractivity (Wildman–Crippen MR) is 157 cm³/mol. The van der Waals surface area contributed by atoms with Crippen molar-refractivity contribution in [2.24, 2.45) is 0 Å². The van der Waals surface area contributed by atoms with Crippen LogP contribution in [-0.2, 0) is 4.79 Å². The van der Waals surface area contributed by atoms with Crippen LogP contribution < -0.4 is 15.3 Å². The third-order valence-electron chi connectivity index (χ3n) is 7.55. The minimum absolute atomic E-state index is 0.0405. The van der Waals surface area contributed by atoms with Crippen LogP contribution >= 0.6 is 0 Å². The normalized spacial score (nSPS) is 15.6. The Morgan fingerprint density at radius 3 is 2.51 bits per heavy atom. The van der Waals surface area contributed by atoms with Gasteiger partial charge in [-0.05, 0) is 55.7 Å². The summed E-state index contributed by atoms with van der Waals surface area (Å²) in [5, 5.41) is 0.0405. The maximum absolute atomic E-state index is 16.0. The van der Waals surface area contributed by atoms with E-state index in [1.54, 1.807) is 35.9 Å². The number of carbonyl (C=O) groups is 1. The van der Waals surface area contributed by atoms with Crippen molar-refractivity contribution < 1.29 is 31.5 Å². The van der Waals surface area contributed by atoms with Crippen molar-refractivity contribution >= 4 is 22.8 Å². The zero-order valence-corrected chi connectivity index (χ0v) is 24.8. The molecule has 14 heteroatoms. The van der Waals surface area contributed by atoms with Crippen molar-refractivity contribution in [1.82, 2.24) is 24.4 Å². The fraction of sp³-hybridized carbons (Fsp3) is 0.323. The van der Waals surface area contributed by atoms with Gasteiger partial charge in [-0.3, -0.25) is 9.78 Å². The number of rotatable bonds is 6. The van der Waals surface area contributed by atoms with Crippen molar-refractivity contribution in [3.8, 4) is 22.7 Å². The highest BCUT2D eigenvalue weighted by molar-refractivity contribution is 5.91. The van der Waals surface area contributed by atoms with Crippen LogP contribution in [0.2, 0.25) is 0 Å². The molecule has 3 aromatic heterocycles. The molecule has 9 nitrogen and oxygen atoms in total. The number of halogens is 5. The van der Waals surface area contributed by atoms with Crippen LogP contribution in [0.15, 0.2) is 54.0 Å². The van der Waals surface area contributed by atoms with Gasteiger partial charge < -0.3 is 14.5 Å². The minimum atomic E-state index is -5.21. The summed E-state index contributed by atoms with van der Waals surface area (Å²) in [6.45, 7) is 11.5. The molecular formula is C31H29F5N6O3. The first kappa shape index (κ1) is 31.5. The second kappa shape index (κ2) is 11.9. The van der Waals surface area contributed by atoms with E-state index in [-0.39, 0.29) is 54.4 Å². The summed E-state index contributed by atoms with van der Waals surface area (Å²) in [4.78, 5) is 42.6. The molecule has 1 fully saturated rings. The maximum Gasteiger partial charge on any atom is 0.573 e. The number of alkyl halides is 3. The van der Waals surface area contributed by atoms with Gasteiger partial charge in [0.15, 0.2) is 11.5 Å². The van der Waals surface area contributed by atoms with E-state index in [0.29, 0.717) is 16.9 Å². The summed E-state index contributed by atoms with van der Waals surface area (Å²) < 4.78 is 76.1. The van der Waals surface area contributed by atoms with Crippen molar-refractivity contribution in [1.29, 1.82) is 0 Å². The molecule has 1 aliphatic heterocycles. The molecule has 0 spiro atoms. The number of aromatic nitrogens is 4. The molecule has 0 unspecified atom stereocenters. The second-order valence-electron chi connectivity index (χ2n) is 11.0. The molecule has 1 aromatic carbocycles. The molecular weight excluding hydrogens is 599 g/mol. The number of hydrogen-bond donors (Lipinski definition) is 0. The number of ether oxygens (including phenoxy) is 1. The number of hydrogen-bond acceptors (Lipinski definition) is 7. The van der Waals surface area contributed by atoms with Gasteiger partial charge in [-0.1, -0.05) is 26.5 Å². The number of anilines is 1. The average Bonchev–Trinajstić information content (AvgIpc) is 2.96. The molecule has 1 atom stereocenters. The zero-order valence-electron chi connectivity index (χ0n) is 24.8. The SMILES string of the molecule is C=CC(=O)N1CCN(c2nc(=O)n(-c3c(C)ccnc3C(C)C)c3nc(-c4c(F)cccc4OC(F)(F)F)c(F)cc23)[C@@H](C)C1. The number of benzene rings is 1. The highest BCUT2D eigenvalue weighted by atomic mass is 19.4. The van der Waals surface area contributed by atoms with Crippen LogP contribution in [0.25, 0.3) is 28.0 Å². The summed E-state index contributed by atoms with van der Waals surface area (Å²) >= 11 is 0. The standard InChI is InChI=1S/C31H29F5N6O3/c1-6-23(43)40-12-13-41(18(5)15-40)28-19-14-21(33)26(24-20(32)8-7-9-22(24)45-31(34,35)36)38-29(19)42(30(44)39-28)27-17(4)10-11-37-25(27)16(2)3/h6-11,14,16,18H,1,12-13,15H2,2-5H3/t18-/m0/s1. The van der Waals surface area contributed by atoms with E-state index in [4.69, 9.17) is 0 Å². The van der Waals surface area contributed by atoms with E-state index in [9.17, 15) is 22.8 Å². The Morgan fingerprint density at radius 2 is 1.87 bits per heavy atom. The molecule has 0 radical (unpaired) electrons. The monoisotopic (exact) mass is 628 g/mol. The van der Waals surface area contributed by atoms with Gasteiger partial charge in [0.25, 0.3) is 0 Å². The van der Waals surface area contributed by atoms with Crippen molar-refractivity contribution in [2.75, 3.05) is 24.5 Å². The molecule has 4 heterocycles. The van der Waals surface area contributed by atoms with Gasteiger partial charge in [-0.2, -0.15) is 4.98 Å². The van der Waals surface area contributed by atoms with Crippen LogP contribution in [0.5, 0.6) is 5.75 Å². The van der Waals surface area contributed by atoms with Crippen molar-refractivity contribution in [2.45, 2.75) is 46.0 Å². The molecule has 0 bridgehead atoms. The minimum Gasteiger partial charge on any atom is -0.405 e. The third kappa shape index (κ3) is 5.96. The predicted octanol–water partition coefficient (Wildman–Crippen LogP) is 5.67. The lowest BCUT2D eigenvalue weighted by molar-refractivity contribution is -0.274. The van der Waals surface area contributed by atoms with Gasteiger partial charge in [0, 0.05) is 31.9 Å². The fourth-order valence-corrected chi connectivity index (χ4v) is 5.53. The highest BCUT2D eigenvalue weighted by Gasteiger charge is 2.35. The van der Waals surface area contributed by atoms with E-state index in [1.165, 1.54) is 6.08 Å². The van der Waals surface area contributed by atoms with Crippen LogP contribution in [0.4, 0.5) is 27.8 Å². The molecule has 45 heavy (non-hydrogen) atoms. The first-order chi connectivity index (χ1) is 21.2. The van der Waals surface area contributed by atoms with E-state index >= 15 is 8.78 Å². The summed E-state index contributed by atoms with van der Waals surface area (Å²) in [5.41, 5.74) is -1.29. The second-order valence-corrected chi connectivity index (χ2v) is 11.0. The summed E-state index contributed by atoms with van der Waals surface area (Å²) in [6, 6.07) is 4.92. The quantitative estimate of drug-likeness (QED) is 0.201. The molecule has 0 aliphatic carbocycles. The lowest BCUT2D eigenvalue weighted by Crippen LogP contribution is -2.54. The summed E-state index contributed by atoms with van der Waals surface area (Å²) in [5.74, 6) is -3.82. The van der Waals surface area contributed by atoms with E-state index < -0.39 is 40.7 Å². The highest BCUT2D eigenvalue weighted by Crippen LogP contribution is 2.39. The molecule has 236 valence electrons. The van der Waals surface area contributed by atoms with E-state index in [0.717, 1.165) is 28.8 Å². The van der Waals surface area contributed by atoms with Gasteiger partial charge in [-0.15, -0.1) is 13.2 Å². The molecule has 1 saturated heterocycles. The Bertz CT molecular complexity index is 1870. The zero-order chi connectivity index (χ0) is 32.8. The summed E-state index contributed by atoms with van der Waals surface area (Å²) in [6.07, 6.45) is -2.45. The molecule has 5 rings (SSSR count). The van der Waals surface area contributed by atoms with Gasteiger partial charge in [-0.25, -0.2) is 23.1 Å². The number of amides is 1. The molecule has 1 aliphatic rings. The summed E-state index contributed by atoms with van der Waals surface area (Å²) in [7, 11) is 0. The Kier molecular flexibility index (Phi) is 8.34. The van der Waals surface area contributed by atoms with Crippen molar-refractivity contribution in [3.05, 3.63) is 82.6 Å². The number of carbonyl (C=O) groups excluding carboxylic acids is 1. The largest absolute Gasteiger partial charge is 0.573 e. The molecule has 0 saturated carbocycles. The molecule has 1 amide bonds. The topological polar surface area (TPSA) is 93.5 Å². The van der Waals surface area contributed by atoms with Crippen LogP contribution in [0.1, 0.15) is 37.9 Å². The number of piperazine rings is 1. The molecule has 0 N–H and O–H groups in total. The Morgan fingerprint density at radius 1 is 1.13 bits per heavy atom. The number of nitrogens with zero attached hydrogens (tertiary/aromatic N) is 6. The first-order valence-corrected chi connectivity index (χ1v) is 14.0. The number of pyridine rings is 2. The van der Waals surface area contributed by atoms with Crippen LogP contribution in [0, 0.1) is 18.6 Å². The number of fused-ring (bicyclic) bond motifs is 1. The smallest absolute Gasteiger partial charge is 0.405 e.